The predicted molar refractivity (Wildman–Crippen MR) is 79.3 cm³/mol. The molecule has 0 saturated carbocycles. The SMILES string of the molecule is CC1NCCC1C(=O)NCCCOCc1ccccc1. The summed E-state index contributed by atoms with van der Waals surface area (Å²) >= 11 is 0. The predicted octanol–water partition coefficient (Wildman–Crippen LogP) is 1.71. The molecule has 0 radical (unpaired) electrons. The number of benzene rings is 1. The Bertz CT molecular complexity index is 408. The highest BCUT2D eigenvalue weighted by atomic mass is 16.5. The molecule has 2 unspecified atom stereocenters. The Kier molecular flexibility index (Phi) is 6.02. The van der Waals surface area contributed by atoms with Crippen molar-refractivity contribution < 1.29 is 9.53 Å². The van der Waals surface area contributed by atoms with Crippen LogP contribution in [0.3, 0.4) is 0 Å². The molecule has 1 aliphatic rings. The van der Waals surface area contributed by atoms with Gasteiger partial charge in [-0.05, 0) is 31.9 Å². The molecular formula is C16H24N2O2. The van der Waals surface area contributed by atoms with Crippen LogP contribution in [0.1, 0.15) is 25.3 Å². The van der Waals surface area contributed by atoms with Crippen molar-refractivity contribution in [2.45, 2.75) is 32.4 Å². The van der Waals surface area contributed by atoms with Crippen molar-refractivity contribution in [3.63, 3.8) is 0 Å². The minimum atomic E-state index is 0.125. The van der Waals surface area contributed by atoms with Crippen molar-refractivity contribution in [3.8, 4) is 0 Å². The third-order valence-electron chi connectivity index (χ3n) is 3.74. The van der Waals surface area contributed by atoms with Crippen LogP contribution in [-0.2, 0) is 16.1 Å². The summed E-state index contributed by atoms with van der Waals surface area (Å²) in [4.78, 5) is 11.9. The molecule has 1 fully saturated rings. The first kappa shape index (κ1) is 15.0. The second-order valence-electron chi connectivity index (χ2n) is 5.32. The first-order valence-corrected chi connectivity index (χ1v) is 7.40. The van der Waals surface area contributed by atoms with Crippen molar-refractivity contribution in [2.75, 3.05) is 19.7 Å². The van der Waals surface area contributed by atoms with Crippen LogP contribution in [0.5, 0.6) is 0 Å². The van der Waals surface area contributed by atoms with Gasteiger partial charge in [0.05, 0.1) is 12.5 Å². The third-order valence-corrected chi connectivity index (χ3v) is 3.74. The Morgan fingerprint density at radius 1 is 1.40 bits per heavy atom. The van der Waals surface area contributed by atoms with Gasteiger partial charge in [0.1, 0.15) is 0 Å². The molecule has 0 aliphatic carbocycles. The molecule has 2 atom stereocenters. The number of rotatable bonds is 7. The number of hydrogen-bond acceptors (Lipinski definition) is 3. The first-order valence-electron chi connectivity index (χ1n) is 7.40. The molecule has 2 N–H and O–H groups in total. The van der Waals surface area contributed by atoms with E-state index in [1.807, 2.05) is 18.2 Å². The third kappa shape index (κ3) is 4.62. The van der Waals surface area contributed by atoms with Crippen LogP contribution in [0.2, 0.25) is 0 Å². The summed E-state index contributed by atoms with van der Waals surface area (Å²) < 4.78 is 5.58. The highest BCUT2D eigenvalue weighted by molar-refractivity contribution is 5.79. The van der Waals surface area contributed by atoms with Crippen molar-refractivity contribution in [2.24, 2.45) is 5.92 Å². The second-order valence-corrected chi connectivity index (χ2v) is 5.32. The van der Waals surface area contributed by atoms with Crippen molar-refractivity contribution in [1.82, 2.24) is 10.6 Å². The second kappa shape index (κ2) is 8.02. The van der Waals surface area contributed by atoms with Crippen LogP contribution in [0.25, 0.3) is 0 Å². The number of hydrogen-bond donors (Lipinski definition) is 2. The summed E-state index contributed by atoms with van der Waals surface area (Å²) in [7, 11) is 0. The molecule has 1 aromatic carbocycles. The van der Waals surface area contributed by atoms with Gasteiger partial charge in [-0.15, -0.1) is 0 Å². The number of carbonyl (C=O) groups excluding carboxylic acids is 1. The van der Waals surface area contributed by atoms with Crippen LogP contribution >= 0.6 is 0 Å². The Hall–Kier alpha value is -1.39. The van der Waals surface area contributed by atoms with Crippen LogP contribution in [0.4, 0.5) is 0 Å². The van der Waals surface area contributed by atoms with Crippen LogP contribution in [-0.4, -0.2) is 31.6 Å². The Balaban J connectivity index is 1.52. The van der Waals surface area contributed by atoms with Gasteiger partial charge >= 0.3 is 0 Å². The largest absolute Gasteiger partial charge is 0.377 e. The Labute approximate surface area is 120 Å². The van der Waals surface area contributed by atoms with E-state index < -0.39 is 0 Å². The topological polar surface area (TPSA) is 50.4 Å². The highest BCUT2D eigenvalue weighted by Gasteiger charge is 2.28. The molecule has 0 aromatic heterocycles. The fourth-order valence-corrected chi connectivity index (χ4v) is 2.50. The molecule has 0 spiro atoms. The fourth-order valence-electron chi connectivity index (χ4n) is 2.50. The van der Waals surface area contributed by atoms with Gasteiger partial charge < -0.3 is 15.4 Å². The molecule has 1 aliphatic heterocycles. The van der Waals surface area contributed by atoms with Gasteiger partial charge in [0, 0.05) is 19.2 Å². The smallest absolute Gasteiger partial charge is 0.224 e. The van der Waals surface area contributed by atoms with E-state index >= 15 is 0 Å². The highest BCUT2D eigenvalue weighted by Crippen LogP contribution is 2.14. The Morgan fingerprint density at radius 3 is 2.90 bits per heavy atom. The van der Waals surface area contributed by atoms with Gasteiger partial charge in [-0.25, -0.2) is 0 Å². The molecule has 4 heteroatoms. The van der Waals surface area contributed by atoms with E-state index in [9.17, 15) is 4.79 Å². The van der Waals surface area contributed by atoms with Crippen LogP contribution in [0, 0.1) is 5.92 Å². The minimum Gasteiger partial charge on any atom is -0.377 e. The lowest BCUT2D eigenvalue weighted by molar-refractivity contribution is -0.125. The van der Waals surface area contributed by atoms with E-state index in [4.69, 9.17) is 4.74 Å². The molecule has 2 rings (SSSR count). The average Bonchev–Trinajstić information content (AvgIpc) is 2.90. The molecule has 1 amide bonds. The van der Waals surface area contributed by atoms with Gasteiger partial charge in [0.25, 0.3) is 0 Å². The number of nitrogens with one attached hydrogen (secondary N) is 2. The molecule has 1 heterocycles. The van der Waals surface area contributed by atoms with E-state index in [1.165, 1.54) is 5.56 Å². The maximum Gasteiger partial charge on any atom is 0.224 e. The zero-order chi connectivity index (χ0) is 14.2. The van der Waals surface area contributed by atoms with Crippen LogP contribution in [0.15, 0.2) is 30.3 Å². The molecular weight excluding hydrogens is 252 g/mol. The summed E-state index contributed by atoms with van der Waals surface area (Å²) in [5, 5.41) is 6.29. The molecule has 4 nitrogen and oxygen atoms in total. The van der Waals surface area contributed by atoms with Gasteiger partial charge in [-0.2, -0.15) is 0 Å². The average molecular weight is 276 g/mol. The summed E-state index contributed by atoms with van der Waals surface area (Å²) in [6.07, 6.45) is 1.80. The monoisotopic (exact) mass is 276 g/mol. The lowest BCUT2D eigenvalue weighted by atomic mass is 10.0. The normalized spacial score (nSPS) is 21.9. The zero-order valence-corrected chi connectivity index (χ0v) is 12.1. The van der Waals surface area contributed by atoms with E-state index in [0.717, 1.165) is 19.4 Å². The standard InChI is InChI=1S/C16H24N2O2/c1-13-15(8-10-17-13)16(19)18-9-5-11-20-12-14-6-3-2-4-7-14/h2-4,6-7,13,15,17H,5,8-12H2,1H3,(H,18,19). The molecule has 0 bridgehead atoms. The number of ether oxygens (including phenoxy) is 1. The van der Waals surface area contributed by atoms with Gasteiger partial charge in [0.2, 0.25) is 5.91 Å². The van der Waals surface area contributed by atoms with Gasteiger partial charge in [-0.1, -0.05) is 30.3 Å². The molecule has 20 heavy (non-hydrogen) atoms. The van der Waals surface area contributed by atoms with E-state index in [1.54, 1.807) is 0 Å². The van der Waals surface area contributed by atoms with Crippen molar-refractivity contribution in [1.29, 1.82) is 0 Å². The quantitative estimate of drug-likeness (QED) is 0.745. The summed E-state index contributed by atoms with van der Waals surface area (Å²) in [5.74, 6) is 0.297. The van der Waals surface area contributed by atoms with Crippen LogP contribution < -0.4 is 10.6 Å². The number of carbonyl (C=O) groups is 1. The van der Waals surface area contributed by atoms with E-state index in [0.29, 0.717) is 25.8 Å². The van der Waals surface area contributed by atoms with Gasteiger partial charge in [0.15, 0.2) is 0 Å². The van der Waals surface area contributed by atoms with Gasteiger partial charge in [-0.3, -0.25) is 4.79 Å². The maximum atomic E-state index is 11.9. The van der Waals surface area contributed by atoms with Crippen molar-refractivity contribution in [3.05, 3.63) is 35.9 Å². The first-order chi connectivity index (χ1) is 9.77. The van der Waals surface area contributed by atoms with E-state index in [-0.39, 0.29) is 11.8 Å². The lowest BCUT2D eigenvalue weighted by Gasteiger charge is -2.14. The molecule has 1 aromatic rings. The summed E-state index contributed by atoms with van der Waals surface area (Å²) in [6, 6.07) is 10.4. The molecule has 110 valence electrons. The maximum absolute atomic E-state index is 11.9. The number of amides is 1. The zero-order valence-electron chi connectivity index (χ0n) is 12.1. The van der Waals surface area contributed by atoms with Crippen molar-refractivity contribution >= 4 is 5.91 Å². The minimum absolute atomic E-state index is 0.125. The summed E-state index contributed by atoms with van der Waals surface area (Å²) in [5.41, 5.74) is 1.18. The fraction of sp³-hybridized carbons (Fsp3) is 0.562. The van der Waals surface area contributed by atoms with E-state index in [2.05, 4.69) is 29.7 Å². The molecule has 1 saturated heterocycles. The summed E-state index contributed by atoms with van der Waals surface area (Å²) in [6.45, 7) is 5.02. The lowest BCUT2D eigenvalue weighted by Crippen LogP contribution is -2.37. The Morgan fingerprint density at radius 2 is 2.20 bits per heavy atom.